The average molecular weight is 313 g/mol. The molecule has 0 atom stereocenters. The Bertz CT molecular complexity index is 347. The Labute approximate surface area is 120 Å². The van der Waals surface area contributed by atoms with Crippen LogP contribution in [0.5, 0.6) is 0 Å². The van der Waals surface area contributed by atoms with Crippen LogP contribution in [0.15, 0.2) is 12.2 Å². The molecule has 0 amide bonds. The number of phosphoric ester groups is 1. The summed E-state index contributed by atoms with van der Waals surface area (Å²) in [7, 11) is 1.89. The van der Waals surface area contributed by atoms with Crippen LogP contribution in [0.1, 0.15) is 6.92 Å². The molecule has 20 heavy (non-hydrogen) atoms. The fraction of sp³-hybridized carbons (Fsp3) is 0.727. The molecule has 9 heteroatoms. The molecule has 0 spiro atoms. The zero-order valence-corrected chi connectivity index (χ0v) is 13.4. The molecule has 120 valence electrons. The molecule has 0 aromatic carbocycles. The third-order valence-electron chi connectivity index (χ3n) is 1.72. The Morgan fingerprint density at radius 3 is 2.05 bits per heavy atom. The van der Waals surface area contributed by atoms with Crippen molar-refractivity contribution >= 4 is 13.8 Å². The monoisotopic (exact) mass is 313 g/mol. The number of likely N-dealkylation sites (N-methyl/N-ethyl adjacent to an activating group) is 1. The van der Waals surface area contributed by atoms with E-state index in [2.05, 4.69) is 32.2 Å². The third-order valence-corrected chi connectivity index (χ3v) is 2.24. The van der Waals surface area contributed by atoms with E-state index in [-0.39, 0.29) is 19.1 Å². The Kier molecular flexibility index (Phi) is 10.8. The van der Waals surface area contributed by atoms with Crippen LogP contribution in [0, 0.1) is 0 Å². The second-order valence-corrected chi connectivity index (χ2v) is 6.28. The molecule has 0 aliphatic carbocycles. The summed E-state index contributed by atoms with van der Waals surface area (Å²) in [5.74, 6) is -0.302. The van der Waals surface area contributed by atoms with Gasteiger partial charge in [-0.2, -0.15) is 0 Å². The maximum Gasteiger partial charge on any atom is 0.469 e. The van der Waals surface area contributed by atoms with Gasteiger partial charge < -0.3 is 24.7 Å². The van der Waals surface area contributed by atoms with Crippen molar-refractivity contribution < 1.29 is 32.9 Å². The maximum atomic E-state index is 10.9. The van der Waals surface area contributed by atoms with E-state index in [4.69, 9.17) is 20.3 Å². The van der Waals surface area contributed by atoms with Gasteiger partial charge in [-0.25, -0.2) is 9.36 Å². The fourth-order valence-corrected chi connectivity index (χ4v) is 1.05. The van der Waals surface area contributed by atoms with Gasteiger partial charge >= 0.3 is 13.8 Å². The Hall–Kier alpha value is -0.760. The molecule has 0 saturated heterocycles. The number of hydrogen-bond acceptors (Lipinski definition) is 5. The SMILES string of the molecule is C=C(C)C(=O)OCC[N+](C)(C)C.NCCOP(=O)(O)O. The second kappa shape index (κ2) is 10.0. The van der Waals surface area contributed by atoms with E-state index in [1.165, 1.54) is 0 Å². The Morgan fingerprint density at radius 1 is 1.30 bits per heavy atom. The lowest BCUT2D eigenvalue weighted by molar-refractivity contribution is -0.870. The molecule has 0 unspecified atom stereocenters. The van der Waals surface area contributed by atoms with E-state index in [0.717, 1.165) is 11.0 Å². The molecular formula is C11H26N2O6P+. The number of carbonyl (C=O) groups is 1. The number of carbonyl (C=O) groups excluding carboxylic acids is 1. The number of esters is 1. The van der Waals surface area contributed by atoms with Gasteiger partial charge in [0.15, 0.2) is 0 Å². The number of hydrogen-bond donors (Lipinski definition) is 3. The van der Waals surface area contributed by atoms with Crippen LogP contribution in [-0.2, 0) is 18.6 Å². The number of nitrogens with zero attached hydrogens (tertiary/aromatic N) is 1. The largest absolute Gasteiger partial charge is 0.469 e. The van der Waals surface area contributed by atoms with Gasteiger partial charge in [-0.3, -0.25) is 4.52 Å². The van der Waals surface area contributed by atoms with Gasteiger partial charge in [0.05, 0.1) is 27.7 Å². The van der Waals surface area contributed by atoms with Gasteiger partial charge in [0.25, 0.3) is 0 Å². The first-order valence-electron chi connectivity index (χ1n) is 5.92. The first-order chi connectivity index (χ1) is 8.89. The first kappa shape index (κ1) is 21.5. The van der Waals surface area contributed by atoms with Crippen molar-refractivity contribution in [1.29, 1.82) is 0 Å². The maximum absolute atomic E-state index is 10.9. The minimum absolute atomic E-state index is 0.107. The Balaban J connectivity index is 0. The number of ether oxygens (including phenoxy) is 1. The molecule has 0 aromatic heterocycles. The quantitative estimate of drug-likeness (QED) is 0.259. The molecule has 0 rings (SSSR count). The lowest BCUT2D eigenvalue weighted by Crippen LogP contribution is -2.38. The minimum Gasteiger partial charge on any atom is -0.456 e. The van der Waals surface area contributed by atoms with Gasteiger partial charge in [0.1, 0.15) is 13.2 Å². The molecule has 0 heterocycles. The average Bonchev–Trinajstić information content (AvgIpc) is 2.24. The highest BCUT2D eigenvalue weighted by Gasteiger charge is 2.11. The van der Waals surface area contributed by atoms with Crippen LogP contribution in [0.4, 0.5) is 0 Å². The zero-order chi connectivity index (χ0) is 16.4. The van der Waals surface area contributed by atoms with E-state index >= 15 is 0 Å². The second-order valence-electron chi connectivity index (χ2n) is 5.04. The first-order valence-corrected chi connectivity index (χ1v) is 7.45. The van der Waals surface area contributed by atoms with Crippen LogP contribution in [0.2, 0.25) is 0 Å². The van der Waals surface area contributed by atoms with Crippen molar-refractivity contribution in [2.24, 2.45) is 5.73 Å². The topological polar surface area (TPSA) is 119 Å². The predicted molar refractivity (Wildman–Crippen MR) is 75.7 cm³/mol. The molecule has 0 aromatic rings. The van der Waals surface area contributed by atoms with Crippen LogP contribution in [0.25, 0.3) is 0 Å². The van der Waals surface area contributed by atoms with E-state index in [1.807, 2.05) is 0 Å². The predicted octanol–water partition coefficient (Wildman–Crippen LogP) is -0.134. The molecule has 0 aliphatic heterocycles. The van der Waals surface area contributed by atoms with Crippen LogP contribution >= 0.6 is 7.82 Å². The van der Waals surface area contributed by atoms with Crippen molar-refractivity contribution in [1.82, 2.24) is 0 Å². The molecule has 0 saturated carbocycles. The van der Waals surface area contributed by atoms with Gasteiger partial charge in [0.2, 0.25) is 0 Å². The smallest absolute Gasteiger partial charge is 0.456 e. The molecular weight excluding hydrogens is 287 g/mol. The number of nitrogens with two attached hydrogens (primary N) is 1. The van der Waals surface area contributed by atoms with E-state index < -0.39 is 7.82 Å². The highest BCUT2D eigenvalue weighted by Crippen LogP contribution is 2.34. The van der Waals surface area contributed by atoms with Crippen molar-refractivity contribution in [2.45, 2.75) is 6.92 Å². The van der Waals surface area contributed by atoms with Gasteiger partial charge in [-0.1, -0.05) is 6.58 Å². The molecule has 0 radical (unpaired) electrons. The fourth-order valence-electron chi connectivity index (χ4n) is 0.707. The highest BCUT2D eigenvalue weighted by molar-refractivity contribution is 7.46. The third kappa shape index (κ3) is 19.6. The minimum atomic E-state index is -4.26. The van der Waals surface area contributed by atoms with Gasteiger partial charge in [-0.15, -0.1) is 0 Å². The molecule has 0 fully saturated rings. The van der Waals surface area contributed by atoms with Crippen LogP contribution in [-0.4, -0.2) is 67.7 Å². The van der Waals surface area contributed by atoms with Crippen molar-refractivity contribution in [3.63, 3.8) is 0 Å². The summed E-state index contributed by atoms with van der Waals surface area (Å²) in [6.07, 6.45) is 0. The summed E-state index contributed by atoms with van der Waals surface area (Å²) in [6, 6.07) is 0. The molecule has 4 N–H and O–H groups in total. The Morgan fingerprint density at radius 2 is 1.80 bits per heavy atom. The summed E-state index contributed by atoms with van der Waals surface area (Å²) < 4.78 is 19.4. The number of phosphoric acid groups is 1. The van der Waals surface area contributed by atoms with E-state index in [0.29, 0.717) is 12.2 Å². The lowest BCUT2D eigenvalue weighted by atomic mass is 10.4. The summed E-state index contributed by atoms with van der Waals surface area (Å²) in [6.45, 7) is 6.42. The summed E-state index contributed by atoms with van der Waals surface area (Å²) in [4.78, 5) is 26.9. The molecule has 8 nitrogen and oxygen atoms in total. The van der Waals surface area contributed by atoms with Crippen LogP contribution < -0.4 is 5.73 Å². The summed E-state index contributed by atoms with van der Waals surface area (Å²) in [5.41, 5.74) is 5.32. The van der Waals surface area contributed by atoms with E-state index in [9.17, 15) is 9.36 Å². The molecule has 0 bridgehead atoms. The van der Waals surface area contributed by atoms with Crippen molar-refractivity contribution in [2.75, 3.05) is 47.4 Å². The normalized spacial score (nSPS) is 11.3. The molecule has 0 aliphatic rings. The van der Waals surface area contributed by atoms with Crippen LogP contribution in [0.3, 0.4) is 0 Å². The van der Waals surface area contributed by atoms with E-state index in [1.54, 1.807) is 6.92 Å². The lowest BCUT2D eigenvalue weighted by Gasteiger charge is -2.23. The highest BCUT2D eigenvalue weighted by atomic mass is 31.2. The summed E-state index contributed by atoms with van der Waals surface area (Å²) in [5, 5.41) is 0. The van der Waals surface area contributed by atoms with Crippen molar-refractivity contribution in [3.05, 3.63) is 12.2 Å². The summed E-state index contributed by atoms with van der Waals surface area (Å²) >= 11 is 0. The number of rotatable bonds is 7. The zero-order valence-electron chi connectivity index (χ0n) is 12.5. The van der Waals surface area contributed by atoms with Gasteiger partial charge in [-0.05, 0) is 6.92 Å². The van der Waals surface area contributed by atoms with Crippen molar-refractivity contribution in [3.8, 4) is 0 Å². The standard InChI is InChI=1S/C9H18NO2.C2H8NO4P/c1-8(2)9(11)12-7-6-10(3,4)5;3-1-2-7-8(4,5)6/h1,6-7H2,2-5H3;1-3H2,(H2,4,5,6)/q+1;. The number of quaternary nitrogens is 1. The van der Waals surface area contributed by atoms with Gasteiger partial charge in [0, 0.05) is 12.1 Å².